The van der Waals surface area contributed by atoms with Crippen LogP contribution in [-0.2, 0) is 0 Å². The van der Waals surface area contributed by atoms with Gasteiger partial charge >= 0.3 is 0 Å². The molecule has 0 heterocycles. The van der Waals surface area contributed by atoms with E-state index in [9.17, 15) is 0 Å². The zero-order valence-electron chi connectivity index (χ0n) is 8.05. The van der Waals surface area contributed by atoms with Gasteiger partial charge in [-0.3, -0.25) is 0 Å². The molecule has 74 valence electrons. The van der Waals surface area contributed by atoms with E-state index in [0.29, 0.717) is 0 Å². The van der Waals surface area contributed by atoms with Crippen LogP contribution in [0.25, 0.3) is 0 Å². The molecule has 0 aliphatic rings. The topological polar surface area (TPSA) is 0 Å². The van der Waals surface area contributed by atoms with Crippen molar-refractivity contribution in [1.29, 1.82) is 0 Å². The fraction of sp³-hybridized carbons (Fsp3) is 0. The fourth-order valence-electron chi connectivity index (χ4n) is 1.41. The van der Waals surface area contributed by atoms with Crippen LogP contribution in [0.4, 0.5) is 0 Å². The minimum absolute atomic E-state index is 0.848. The average Bonchev–Trinajstić information content (AvgIpc) is 2.30. The molecule has 0 unspecified atom stereocenters. The minimum Gasteiger partial charge on any atom is -0.143 e. The second kappa shape index (κ2) is 4.60. The molecule has 0 atom stereocenters. The molecule has 2 aromatic carbocycles. The summed E-state index contributed by atoms with van der Waals surface area (Å²) in [6, 6.07) is 17.9. The van der Waals surface area contributed by atoms with Crippen molar-refractivity contribution in [1.82, 2.24) is 0 Å². The number of hydrogen-bond acceptors (Lipinski definition) is 2. The highest BCUT2D eigenvalue weighted by Gasteiger charge is 2.06. The van der Waals surface area contributed by atoms with Crippen molar-refractivity contribution >= 4 is 29.7 Å². The van der Waals surface area contributed by atoms with Gasteiger partial charge in [0.25, 0.3) is 0 Å². The van der Waals surface area contributed by atoms with Gasteiger partial charge in [0, 0.05) is 10.5 Å². The van der Waals surface area contributed by atoms with Crippen LogP contribution >= 0.6 is 24.8 Å². The highest BCUT2D eigenvalue weighted by Crippen LogP contribution is 2.18. The highest BCUT2D eigenvalue weighted by atomic mass is 32.1. The molecule has 0 aliphatic carbocycles. The van der Waals surface area contributed by atoms with E-state index in [1.54, 1.807) is 0 Å². The molecule has 15 heavy (non-hydrogen) atoms. The molecule has 0 bridgehead atoms. The van der Waals surface area contributed by atoms with Crippen LogP contribution < -0.4 is 0 Å². The van der Waals surface area contributed by atoms with E-state index < -0.39 is 0 Å². The molecule has 0 amide bonds. The van der Waals surface area contributed by atoms with Gasteiger partial charge in [-0.05, 0) is 11.6 Å². The predicted molar refractivity (Wildman–Crippen MR) is 70.9 cm³/mol. The summed E-state index contributed by atoms with van der Waals surface area (Å²) < 4.78 is 0. The third kappa shape index (κ3) is 2.28. The van der Waals surface area contributed by atoms with Gasteiger partial charge in [-0.1, -0.05) is 60.7 Å². The molecule has 0 spiro atoms. The molecule has 0 nitrogen and oxygen atoms in total. The fourth-order valence-corrected chi connectivity index (χ4v) is 2.07. The summed E-state index contributed by atoms with van der Waals surface area (Å²) in [4.78, 5) is 1.77. The van der Waals surface area contributed by atoms with Crippen molar-refractivity contribution in [2.45, 2.75) is 4.90 Å². The van der Waals surface area contributed by atoms with Crippen molar-refractivity contribution in [3.63, 3.8) is 0 Å². The summed E-state index contributed by atoms with van der Waals surface area (Å²) in [5.74, 6) is 0. The molecule has 0 aromatic heterocycles. The van der Waals surface area contributed by atoms with E-state index in [1.807, 2.05) is 54.6 Å². The Morgan fingerprint density at radius 3 is 2.13 bits per heavy atom. The van der Waals surface area contributed by atoms with Crippen molar-refractivity contribution in [3.8, 4) is 0 Å². The van der Waals surface area contributed by atoms with E-state index in [1.165, 1.54) is 0 Å². The normalized spacial score (nSPS) is 9.93. The van der Waals surface area contributed by atoms with Gasteiger partial charge in [0.2, 0.25) is 0 Å². The molecule has 2 aromatic rings. The lowest BCUT2D eigenvalue weighted by Gasteiger charge is -2.06. The maximum atomic E-state index is 5.43. The first-order valence-corrected chi connectivity index (χ1v) is 5.52. The Kier molecular flexibility index (Phi) is 3.19. The van der Waals surface area contributed by atoms with E-state index in [-0.39, 0.29) is 0 Å². The molecular weight excluding hydrogens is 220 g/mol. The van der Waals surface area contributed by atoms with Gasteiger partial charge in [-0.15, -0.1) is 12.6 Å². The van der Waals surface area contributed by atoms with E-state index in [2.05, 4.69) is 12.6 Å². The predicted octanol–water partition coefficient (Wildman–Crippen LogP) is 3.74. The second-order valence-electron chi connectivity index (χ2n) is 3.21. The van der Waals surface area contributed by atoms with Gasteiger partial charge in [0.1, 0.15) is 0 Å². The monoisotopic (exact) mass is 230 g/mol. The number of benzene rings is 2. The minimum atomic E-state index is 0.848. The van der Waals surface area contributed by atoms with E-state index >= 15 is 0 Å². The molecule has 0 N–H and O–H groups in total. The summed E-state index contributed by atoms with van der Waals surface area (Å²) >= 11 is 9.83. The number of thiol groups is 1. The zero-order chi connectivity index (χ0) is 10.7. The smallest absolute Gasteiger partial charge is 0.0533 e. The van der Waals surface area contributed by atoms with E-state index in [0.717, 1.165) is 20.9 Å². The number of hydrogen-bond donors (Lipinski definition) is 1. The Morgan fingerprint density at radius 2 is 1.47 bits per heavy atom. The highest BCUT2D eigenvalue weighted by molar-refractivity contribution is 7.82. The first-order chi connectivity index (χ1) is 7.29. The lowest BCUT2D eigenvalue weighted by Crippen LogP contribution is -2.00. The quantitative estimate of drug-likeness (QED) is 0.466. The Morgan fingerprint density at radius 1 is 0.867 bits per heavy atom. The second-order valence-corrected chi connectivity index (χ2v) is 4.10. The first-order valence-electron chi connectivity index (χ1n) is 4.67. The molecule has 0 saturated heterocycles. The van der Waals surface area contributed by atoms with Crippen molar-refractivity contribution < 1.29 is 0 Å². The van der Waals surface area contributed by atoms with Crippen LogP contribution in [0.2, 0.25) is 0 Å². The van der Waals surface area contributed by atoms with Crippen LogP contribution in [0.15, 0.2) is 59.5 Å². The number of rotatable bonds is 2. The van der Waals surface area contributed by atoms with Gasteiger partial charge in [-0.2, -0.15) is 0 Å². The lowest BCUT2D eigenvalue weighted by atomic mass is 10.0. The van der Waals surface area contributed by atoms with Crippen LogP contribution in [0.5, 0.6) is 0 Å². The Hall–Kier alpha value is -1.12. The molecule has 2 rings (SSSR count). The standard InChI is InChI=1S/C13H10S2/c14-12-9-5-4-8-11(12)13(15)10-6-2-1-3-7-10/h1-9,14H. The Labute approximate surface area is 100 Å². The molecule has 2 heteroatoms. The van der Waals surface area contributed by atoms with Crippen LogP contribution in [-0.4, -0.2) is 4.86 Å². The molecule has 0 saturated carbocycles. The third-order valence-electron chi connectivity index (χ3n) is 2.18. The van der Waals surface area contributed by atoms with Gasteiger partial charge < -0.3 is 0 Å². The maximum Gasteiger partial charge on any atom is 0.0533 e. The average molecular weight is 230 g/mol. The first kappa shape index (κ1) is 10.4. The molecule has 0 radical (unpaired) electrons. The number of thiocarbonyl (C=S) groups is 1. The molecule has 0 fully saturated rings. The van der Waals surface area contributed by atoms with Gasteiger partial charge in [0.05, 0.1) is 4.86 Å². The van der Waals surface area contributed by atoms with Gasteiger partial charge in [0.15, 0.2) is 0 Å². The van der Waals surface area contributed by atoms with Crippen molar-refractivity contribution in [2.24, 2.45) is 0 Å². The SMILES string of the molecule is S=C(c1ccccc1)c1ccccc1S. The van der Waals surface area contributed by atoms with Crippen molar-refractivity contribution in [3.05, 3.63) is 65.7 Å². The zero-order valence-corrected chi connectivity index (χ0v) is 9.76. The summed E-state index contributed by atoms with van der Waals surface area (Å²) in [6.45, 7) is 0. The summed E-state index contributed by atoms with van der Waals surface area (Å²) in [5.41, 5.74) is 2.08. The van der Waals surface area contributed by atoms with Crippen LogP contribution in [0.3, 0.4) is 0 Å². The molecular formula is C13H10S2. The maximum absolute atomic E-state index is 5.43. The van der Waals surface area contributed by atoms with Crippen LogP contribution in [0.1, 0.15) is 11.1 Å². The summed E-state index contributed by atoms with van der Waals surface area (Å²) in [5, 5.41) is 0. The Balaban J connectivity index is 2.42. The van der Waals surface area contributed by atoms with Crippen molar-refractivity contribution in [2.75, 3.05) is 0 Å². The summed E-state index contributed by atoms with van der Waals surface area (Å²) in [6.07, 6.45) is 0. The van der Waals surface area contributed by atoms with E-state index in [4.69, 9.17) is 12.2 Å². The van der Waals surface area contributed by atoms with Gasteiger partial charge in [-0.25, -0.2) is 0 Å². The van der Waals surface area contributed by atoms with Crippen LogP contribution in [0, 0.1) is 0 Å². The molecule has 0 aliphatic heterocycles. The largest absolute Gasteiger partial charge is 0.143 e. The lowest BCUT2D eigenvalue weighted by molar-refractivity contribution is 1.44. The summed E-state index contributed by atoms with van der Waals surface area (Å²) in [7, 11) is 0. The third-order valence-corrected chi connectivity index (χ3v) is 3.03. The Bertz CT molecular complexity index is 475.